The third-order valence-electron chi connectivity index (χ3n) is 2.70. The van der Waals surface area contributed by atoms with Crippen LogP contribution in [-0.4, -0.2) is 4.98 Å². The number of halogens is 2. The predicted octanol–water partition coefficient (Wildman–Crippen LogP) is 4.03. The summed E-state index contributed by atoms with van der Waals surface area (Å²) < 4.78 is 14.0. The fraction of sp³-hybridized carbons (Fsp3) is 0.143. The Labute approximate surface area is 119 Å². The van der Waals surface area contributed by atoms with Gasteiger partial charge in [-0.3, -0.25) is 4.98 Å². The summed E-state index contributed by atoms with van der Waals surface area (Å²) in [4.78, 5) is 3.82. The Kier molecular flexibility index (Phi) is 4.13. The van der Waals surface area contributed by atoms with E-state index in [1.54, 1.807) is 12.3 Å². The molecule has 0 aliphatic carbocycles. The molecule has 2 aromatic rings. The molecular formula is C14H11BrFN3. The quantitative estimate of drug-likeness (QED) is 0.929. The van der Waals surface area contributed by atoms with Gasteiger partial charge in [0, 0.05) is 10.7 Å². The minimum absolute atomic E-state index is 0.142. The van der Waals surface area contributed by atoms with Crippen molar-refractivity contribution in [2.24, 2.45) is 0 Å². The smallest absolute Gasteiger partial charge is 0.141 e. The summed E-state index contributed by atoms with van der Waals surface area (Å²) in [7, 11) is 0. The average Bonchev–Trinajstić information content (AvgIpc) is 2.40. The van der Waals surface area contributed by atoms with E-state index in [0.717, 1.165) is 16.2 Å². The number of benzene rings is 1. The zero-order valence-corrected chi connectivity index (χ0v) is 11.8. The lowest BCUT2D eigenvalue weighted by atomic mass is 10.1. The second-order valence-electron chi connectivity index (χ2n) is 4.10. The van der Waals surface area contributed by atoms with Crippen LogP contribution in [0.4, 0.5) is 10.1 Å². The molecule has 19 heavy (non-hydrogen) atoms. The fourth-order valence-corrected chi connectivity index (χ4v) is 2.08. The molecule has 0 saturated heterocycles. The van der Waals surface area contributed by atoms with Crippen LogP contribution in [0.15, 0.2) is 41.1 Å². The highest BCUT2D eigenvalue weighted by Crippen LogP contribution is 2.24. The number of pyridine rings is 1. The number of aromatic nitrogens is 1. The number of nitrogens with zero attached hydrogens (tertiary/aromatic N) is 2. The second kappa shape index (κ2) is 5.81. The average molecular weight is 320 g/mol. The maximum absolute atomic E-state index is 13.1. The summed E-state index contributed by atoms with van der Waals surface area (Å²) >= 11 is 3.32. The third-order valence-corrected chi connectivity index (χ3v) is 3.19. The summed E-state index contributed by atoms with van der Waals surface area (Å²) in [6.07, 6.45) is 2.77. The van der Waals surface area contributed by atoms with E-state index < -0.39 is 0 Å². The molecule has 1 aromatic carbocycles. The van der Waals surface area contributed by atoms with Gasteiger partial charge in [0.1, 0.15) is 11.9 Å². The van der Waals surface area contributed by atoms with Gasteiger partial charge < -0.3 is 5.32 Å². The Morgan fingerprint density at radius 3 is 2.84 bits per heavy atom. The van der Waals surface area contributed by atoms with Gasteiger partial charge >= 0.3 is 0 Å². The van der Waals surface area contributed by atoms with Crippen LogP contribution >= 0.6 is 15.9 Å². The Hall–Kier alpha value is -1.93. The molecule has 0 bridgehead atoms. The van der Waals surface area contributed by atoms with Crippen LogP contribution in [0.1, 0.15) is 24.1 Å². The molecule has 0 radical (unpaired) electrons. The van der Waals surface area contributed by atoms with E-state index in [4.69, 9.17) is 5.26 Å². The van der Waals surface area contributed by atoms with E-state index in [0.29, 0.717) is 11.3 Å². The Bertz CT molecular complexity index is 637. The van der Waals surface area contributed by atoms with Gasteiger partial charge in [0.25, 0.3) is 0 Å². The highest BCUT2D eigenvalue weighted by Gasteiger charge is 2.09. The zero-order chi connectivity index (χ0) is 13.8. The normalized spacial score (nSPS) is 11.7. The standard InChI is InChI=1S/C14H11BrFN3/c1-9(11-5-13(16)8-18-7-11)19-14-3-2-12(15)4-10(14)6-17/h2-5,7-9,19H,1H3. The van der Waals surface area contributed by atoms with Crippen molar-refractivity contribution in [1.29, 1.82) is 5.26 Å². The Morgan fingerprint density at radius 1 is 1.37 bits per heavy atom. The predicted molar refractivity (Wildman–Crippen MR) is 75.1 cm³/mol. The molecule has 1 unspecified atom stereocenters. The van der Waals surface area contributed by atoms with Crippen molar-refractivity contribution < 1.29 is 4.39 Å². The Balaban J connectivity index is 2.24. The van der Waals surface area contributed by atoms with Crippen LogP contribution in [0, 0.1) is 17.1 Å². The first-order valence-electron chi connectivity index (χ1n) is 5.67. The first kappa shape index (κ1) is 13.5. The van der Waals surface area contributed by atoms with Gasteiger partial charge in [0.15, 0.2) is 0 Å². The molecule has 0 fully saturated rings. The van der Waals surface area contributed by atoms with Crippen LogP contribution < -0.4 is 5.32 Å². The van der Waals surface area contributed by atoms with Gasteiger partial charge in [-0.1, -0.05) is 15.9 Å². The van der Waals surface area contributed by atoms with Crippen molar-refractivity contribution in [3.8, 4) is 6.07 Å². The van der Waals surface area contributed by atoms with E-state index in [-0.39, 0.29) is 11.9 Å². The van der Waals surface area contributed by atoms with Crippen LogP contribution in [0.5, 0.6) is 0 Å². The SMILES string of the molecule is CC(Nc1ccc(Br)cc1C#N)c1cncc(F)c1. The van der Waals surface area contributed by atoms with Crippen molar-refractivity contribution >= 4 is 21.6 Å². The minimum Gasteiger partial charge on any atom is -0.377 e. The van der Waals surface area contributed by atoms with Gasteiger partial charge in [0.05, 0.1) is 23.5 Å². The molecule has 1 heterocycles. The van der Waals surface area contributed by atoms with Gasteiger partial charge in [-0.25, -0.2) is 4.39 Å². The molecule has 2 rings (SSSR count). The summed E-state index contributed by atoms with van der Waals surface area (Å²) in [6.45, 7) is 1.89. The number of hydrogen-bond acceptors (Lipinski definition) is 3. The summed E-state index contributed by atoms with van der Waals surface area (Å²) in [5.74, 6) is -0.373. The molecule has 3 nitrogen and oxygen atoms in total. The summed E-state index contributed by atoms with van der Waals surface area (Å²) in [5, 5.41) is 12.3. The Morgan fingerprint density at radius 2 is 2.16 bits per heavy atom. The molecule has 1 aromatic heterocycles. The molecule has 5 heteroatoms. The maximum Gasteiger partial charge on any atom is 0.141 e. The lowest BCUT2D eigenvalue weighted by molar-refractivity contribution is 0.616. The lowest BCUT2D eigenvalue weighted by Gasteiger charge is -2.16. The van der Waals surface area contributed by atoms with Crippen molar-refractivity contribution in [2.75, 3.05) is 5.32 Å². The van der Waals surface area contributed by atoms with Gasteiger partial charge in [-0.05, 0) is 36.8 Å². The van der Waals surface area contributed by atoms with Crippen LogP contribution in [0.3, 0.4) is 0 Å². The first-order chi connectivity index (χ1) is 9.10. The van der Waals surface area contributed by atoms with Crippen LogP contribution in [-0.2, 0) is 0 Å². The zero-order valence-electron chi connectivity index (χ0n) is 10.2. The summed E-state index contributed by atoms with van der Waals surface area (Å²) in [6, 6.07) is 8.80. The third kappa shape index (κ3) is 3.30. The van der Waals surface area contributed by atoms with Crippen molar-refractivity contribution in [3.05, 3.63) is 58.1 Å². The van der Waals surface area contributed by atoms with Crippen molar-refractivity contribution in [3.63, 3.8) is 0 Å². The number of rotatable bonds is 3. The van der Waals surface area contributed by atoms with E-state index in [2.05, 4.69) is 32.3 Å². The highest BCUT2D eigenvalue weighted by molar-refractivity contribution is 9.10. The number of anilines is 1. The van der Waals surface area contributed by atoms with E-state index in [9.17, 15) is 4.39 Å². The van der Waals surface area contributed by atoms with Crippen LogP contribution in [0.25, 0.3) is 0 Å². The largest absolute Gasteiger partial charge is 0.377 e. The molecule has 0 aliphatic heterocycles. The lowest BCUT2D eigenvalue weighted by Crippen LogP contribution is -2.08. The number of hydrogen-bond donors (Lipinski definition) is 1. The van der Waals surface area contributed by atoms with Crippen molar-refractivity contribution in [1.82, 2.24) is 4.98 Å². The molecule has 0 spiro atoms. The van der Waals surface area contributed by atoms with Gasteiger partial charge in [0.2, 0.25) is 0 Å². The number of nitriles is 1. The second-order valence-corrected chi connectivity index (χ2v) is 5.02. The van der Waals surface area contributed by atoms with Gasteiger partial charge in [-0.15, -0.1) is 0 Å². The minimum atomic E-state index is -0.373. The monoisotopic (exact) mass is 319 g/mol. The topological polar surface area (TPSA) is 48.7 Å². The maximum atomic E-state index is 13.1. The first-order valence-corrected chi connectivity index (χ1v) is 6.46. The van der Waals surface area contributed by atoms with Crippen LogP contribution in [0.2, 0.25) is 0 Å². The molecule has 0 amide bonds. The van der Waals surface area contributed by atoms with E-state index in [1.807, 2.05) is 19.1 Å². The van der Waals surface area contributed by atoms with E-state index in [1.165, 1.54) is 6.07 Å². The van der Waals surface area contributed by atoms with Crippen molar-refractivity contribution in [2.45, 2.75) is 13.0 Å². The van der Waals surface area contributed by atoms with E-state index >= 15 is 0 Å². The van der Waals surface area contributed by atoms with Gasteiger partial charge in [-0.2, -0.15) is 5.26 Å². The fourth-order valence-electron chi connectivity index (χ4n) is 1.72. The molecule has 0 saturated carbocycles. The highest BCUT2D eigenvalue weighted by atomic mass is 79.9. The number of nitrogens with one attached hydrogen (secondary N) is 1. The molecule has 0 aliphatic rings. The molecule has 1 N–H and O–H groups in total. The molecular weight excluding hydrogens is 309 g/mol. The molecule has 96 valence electrons. The summed E-state index contributed by atoms with van der Waals surface area (Å²) in [5.41, 5.74) is 1.97. The molecule has 1 atom stereocenters.